The Morgan fingerprint density at radius 2 is 2.07 bits per heavy atom. The van der Waals surface area contributed by atoms with Crippen LogP contribution in [0.2, 0.25) is 0 Å². The number of aryl methyl sites for hydroxylation is 1. The number of nitrogens with two attached hydrogens (primary N) is 1. The van der Waals surface area contributed by atoms with Gasteiger partial charge in [0.05, 0.1) is 17.9 Å². The molecule has 2 aliphatic rings. The van der Waals surface area contributed by atoms with Crippen molar-refractivity contribution in [2.24, 2.45) is 5.92 Å². The number of likely N-dealkylation sites (tertiary alicyclic amines) is 1. The van der Waals surface area contributed by atoms with Crippen LogP contribution in [-0.4, -0.2) is 34.2 Å². The van der Waals surface area contributed by atoms with Crippen molar-refractivity contribution in [3.63, 3.8) is 0 Å². The van der Waals surface area contributed by atoms with E-state index in [9.17, 15) is 14.4 Å². The lowest BCUT2D eigenvalue weighted by Crippen LogP contribution is -2.46. The molecular weight excluding hydrogens is 382 g/mol. The van der Waals surface area contributed by atoms with Crippen LogP contribution in [-0.2, 0) is 16.1 Å². The van der Waals surface area contributed by atoms with Crippen LogP contribution < -0.4 is 16.4 Å². The van der Waals surface area contributed by atoms with Crippen LogP contribution in [0.5, 0.6) is 0 Å². The highest BCUT2D eigenvalue weighted by molar-refractivity contribution is 6.39. The number of pyridine rings is 1. The van der Waals surface area contributed by atoms with Gasteiger partial charge < -0.3 is 21.3 Å². The lowest BCUT2D eigenvalue weighted by atomic mass is 9.88. The van der Waals surface area contributed by atoms with Gasteiger partial charge in [-0.15, -0.1) is 0 Å². The van der Waals surface area contributed by atoms with Gasteiger partial charge in [0.1, 0.15) is 5.82 Å². The molecule has 2 aliphatic heterocycles. The molecule has 2 aromatic rings. The predicted octanol–water partition coefficient (Wildman–Crippen LogP) is 2.15. The Morgan fingerprint density at radius 3 is 2.83 bits per heavy atom. The highest BCUT2D eigenvalue weighted by atomic mass is 16.2. The molecule has 3 heterocycles. The molecule has 1 aromatic carbocycles. The number of carbonyl (C=O) groups is 3. The second kappa shape index (κ2) is 7.78. The van der Waals surface area contributed by atoms with E-state index in [0.29, 0.717) is 30.2 Å². The number of hydrogen-bond donors (Lipinski definition) is 3. The monoisotopic (exact) mass is 407 g/mol. The van der Waals surface area contributed by atoms with Gasteiger partial charge in [-0.05, 0) is 54.5 Å². The second-order valence-electron chi connectivity index (χ2n) is 8.14. The normalized spacial score (nSPS) is 20.5. The molecule has 0 bridgehead atoms. The summed E-state index contributed by atoms with van der Waals surface area (Å²) in [4.78, 5) is 43.5. The minimum Gasteiger partial charge on any atom is -0.383 e. The van der Waals surface area contributed by atoms with Crippen molar-refractivity contribution >= 4 is 29.2 Å². The van der Waals surface area contributed by atoms with Gasteiger partial charge in [0.2, 0.25) is 0 Å². The number of benzene rings is 1. The van der Waals surface area contributed by atoms with Crippen LogP contribution in [0.3, 0.4) is 0 Å². The van der Waals surface area contributed by atoms with Crippen molar-refractivity contribution < 1.29 is 14.4 Å². The number of nitrogens with zero attached hydrogens (tertiary/aromatic N) is 2. The Balaban J connectivity index is 1.57. The van der Waals surface area contributed by atoms with Crippen molar-refractivity contribution in [3.05, 3.63) is 52.7 Å². The van der Waals surface area contributed by atoms with Gasteiger partial charge >= 0.3 is 11.8 Å². The Bertz CT molecular complexity index is 1040. The van der Waals surface area contributed by atoms with Gasteiger partial charge in [-0.2, -0.15) is 0 Å². The first kappa shape index (κ1) is 19.9. The fourth-order valence-electron chi connectivity index (χ4n) is 4.13. The van der Waals surface area contributed by atoms with E-state index in [-0.39, 0.29) is 17.9 Å². The molecule has 1 saturated heterocycles. The number of piperidine rings is 1. The Hall–Kier alpha value is -3.42. The highest BCUT2D eigenvalue weighted by Gasteiger charge is 2.35. The second-order valence-corrected chi connectivity index (χ2v) is 8.14. The lowest BCUT2D eigenvalue weighted by molar-refractivity contribution is -0.146. The van der Waals surface area contributed by atoms with Crippen LogP contribution >= 0.6 is 0 Å². The molecule has 30 heavy (non-hydrogen) atoms. The molecule has 156 valence electrons. The molecule has 0 aliphatic carbocycles. The fourth-order valence-corrected chi connectivity index (χ4v) is 4.13. The van der Waals surface area contributed by atoms with Crippen molar-refractivity contribution in [2.75, 3.05) is 17.6 Å². The number of nitrogens with one attached hydrogen (secondary N) is 2. The predicted molar refractivity (Wildman–Crippen MR) is 112 cm³/mol. The van der Waals surface area contributed by atoms with E-state index in [1.807, 2.05) is 18.2 Å². The SMILES string of the molecule is Cc1cc(NC(=O)C(=O)N2C[C@H](C)CC[C@H]2c2ccc3c(c2)C(=O)NC3)cnc1N. The van der Waals surface area contributed by atoms with E-state index in [1.165, 1.54) is 6.20 Å². The van der Waals surface area contributed by atoms with E-state index in [0.717, 1.165) is 29.5 Å². The van der Waals surface area contributed by atoms with Crippen molar-refractivity contribution in [1.82, 2.24) is 15.2 Å². The third-order valence-electron chi connectivity index (χ3n) is 5.85. The van der Waals surface area contributed by atoms with Crippen LogP contribution in [0.25, 0.3) is 0 Å². The van der Waals surface area contributed by atoms with Crippen molar-refractivity contribution in [3.8, 4) is 0 Å². The van der Waals surface area contributed by atoms with Gasteiger partial charge in [0.15, 0.2) is 0 Å². The first-order valence-electron chi connectivity index (χ1n) is 10.1. The molecule has 0 unspecified atom stereocenters. The smallest absolute Gasteiger partial charge is 0.313 e. The van der Waals surface area contributed by atoms with E-state index in [1.54, 1.807) is 17.9 Å². The summed E-state index contributed by atoms with van der Waals surface area (Å²) in [5.41, 5.74) is 9.34. The summed E-state index contributed by atoms with van der Waals surface area (Å²) in [5.74, 6) is -0.733. The molecule has 1 fully saturated rings. The molecule has 3 amide bonds. The number of fused-ring (bicyclic) bond motifs is 1. The van der Waals surface area contributed by atoms with Crippen LogP contribution in [0.4, 0.5) is 11.5 Å². The van der Waals surface area contributed by atoms with Gasteiger partial charge in [-0.3, -0.25) is 14.4 Å². The number of rotatable bonds is 2. The first-order chi connectivity index (χ1) is 14.3. The molecule has 0 radical (unpaired) electrons. The van der Waals surface area contributed by atoms with Crippen LogP contribution in [0.15, 0.2) is 30.5 Å². The van der Waals surface area contributed by atoms with Crippen LogP contribution in [0, 0.1) is 12.8 Å². The minimum absolute atomic E-state index is 0.0992. The number of amides is 3. The van der Waals surface area contributed by atoms with Gasteiger partial charge in [0, 0.05) is 18.7 Å². The van der Waals surface area contributed by atoms with Crippen molar-refractivity contribution in [1.29, 1.82) is 0 Å². The number of carbonyl (C=O) groups excluding carboxylic acids is 3. The third kappa shape index (κ3) is 3.72. The summed E-state index contributed by atoms with van der Waals surface area (Å²) in [6.07, 6.45) is 3.12. The number of hydrogen-bond acceptors (Lipinski definition) is 5. The average Bonchev–Trinajstić information content (AvgIpc) is 3.10. The van der Waals surface area contributed by atoms with E-state index < -0.39 is 11.8 Å². The zero-order valence-corrected chi connectivity index (χ0v) is 17.1. The molecule has 2 atom stereocenters. The zero-order chi connectivity index (χ0) is 21.4. The van der Waals surface area contributed by atoms with Gasteiger partial charge in [-0.1, -0.05) is 19.1 Å². The van der Waals surface area contributed by atoms with E-state index in [4.69, 9.17) is 5.73 Å². The number of aromatic nitrogens is 1. The third-order valence-corrected chi connectivity index (χ3v) is 5.85. The quantitative estimate of drug-likeness (QED) is 0.660. The number of nitrogen functional groups attached to an aromatic ring is 1. The largest absolute Gasteiger partial charge is 0.383 e. The minimum atomic E-state index is -0.709. The highest BCUT2D eigenvalue weighted by Crippen LogP contribution is 2.35. The van der Waals surface area contributed by atoms with Crippen molar-refractivity contribution in [2.45, 2.75) is 39.3 Å². The molecule has 4 rings (SSSR count). The standard InChI is InChI=1S/C22H25N5O3/c1-12-3-6-18(14-4-5-15-9-25-20(28)17(15)8-14)27(11-12)22(30)21(29)26-16-7-13(2)19(23)24-10-16/h4-5,7-8,10,12,18H,3,6,9,11H2,1-2H3,(H2,23,24)(H,25,28)(H,26,29)/t12-,18+/m1/s1. The van der Waals surface area contributed by atoms with Gasteiger partial charge in [0.25, 0.3) is 5.91 Å². The summed E-state index contributed by atoms with van der Waals surface area (Å²) >= 11 is 0. The molecule has 0 spiro atoms. The zero-order valence-electron chi connectivity index (χ0n) is 17.1. The molecule has 1 aromatic heterocycles. The van der Waals surface area contributed by atoms with Crippen LogP contribution in [0.1, 0.15) is 52.9 Å². The number of anilines is 2. The van der Waals surface area contributed by atoms with E-state index in [2.05, 4.69) is 22.5 Å². The lowest BCUT2D eigenvalue weighted by Gasteiger charge is -2.38. The summed E-state index contributed by atoms with van der Waals surface area (Å²) < 4.78 is 0. The molecule has 0 saturated carbocycles. The Labute approximate surface area is 174 Å². The molecule has 8 nitrogen and oxygen atoms in total. The molecular formula is C22H25N5O3. The summed E-state index contributed by atoms with van der Waals surface area (Å²) in [6.45, 7) is 4.86. The summed E-state index contributed by atoms with van der Waals surface area (Å²) in [5, 5.41) is 5.44. The Kier molecular flexibility index (Phi) is 5.15. The maximum Gasteiger partial charge on any atom is 0.313 e. The maximum absolute atomic E-state index is 13.1. The van der Waals surface area contributed by atoms with E-state index >= 15 is 0 Å². The summed E-state index contributed by atoms with van der Waals surface area (Å²) in [7, 11) is 0. The average molecular weight is 407 g/mol. The Morgan fingerprint density at radius 1 is 1.27 bits per heavy atom. The molecule has 4 N–H and O–H groups in total. The van der Waals surface area contributed by atoms with Gasteiger partial charge in [-0.25, -0.2) is 4.98 Å². The fraction of sp³-hybridized carbons (Fsp3) is 0.364. The first-order valence-corrected chi connectivity index (χ1v) is 10.1. The summed E-state index contributed by atoms with van der Waals surface area (Å²) in [6, 6.07) is 7.16. The maximum atomic E-state index is 13.1. The topological polar surface area (TPSA) is 117 Å². The molecule has 8 heteroatoms.